The standard InChI is InChI=1S/C15H29N3O3/c1-3-18(2)10-9-16-14(21)17-12-15(11-13(19)20)7-5-4-6-8-15/h3-12H2,1-2H3,(H,19,20)(H2,16,17,21). The number of likely N-dealkylation sites (N-methyl/N-ethyl adjacent to an activating group) is 1. The van der Waals surface area contributed by atoms with Gasteiger partial charge < -0.3 is 20.6 Å². The Morgan fingerprint density at radius 3 is 2.43 bits per heavy atom. The summed E-state index contributed by atoms with van der Waals surface area (Å²) in [7, 11) is 2.00. The number of nitrogens with zero attached hydrogens (tertiary/aromatic N) is 1. The summed E-state index contributed by atoms with van der Waals surface area (Å²) in [4.78, 5) is 25.0. The maximum atomic E-state index is 11.8. The van der Waals surface area contributed by atoms with Crippen molar-refractivity contribution >= 4 is 12.0 Å². The summed E-state index contributed by atoms with van der Waals surface area (Å²) >= 11 is 0. The van der Waals surface area contributed by atoms with E-state index in [1.54, 1.807) is 0 Å². The first-order valence-electron chi connectivity index (χ1n) is 7.89. The van der Waals surface area contributed by atoms with E-state index in [-0.39, 0.29) is 17.9 Å². The zero-order chi connectivity index (χ0) is 15.7. The number of carbonyl (C=O) groups is 2. The van der Waals surface area contributed by atoms with Crippen molar-refractivity contribution in [2.24, 2.45) is 5.41 Å². The van der Waals surface area contributed by atoms with Gasteiger partial charge in [0.15, 0.2) is 0 Å². The van der Waals surface area contributed by atoms with E-state index in [2.05, 4.69) is 22.5 Å². The molecule has 0 atom stereocenters. The monoisotopic (exact) mass is 299 g/mol. The van der Waals surface area contributed by atoms with Crippen LogP contribution in [0.1, 0.15) is 45.4 Å². The first kappa shape index (κ1) is 17.8. The average Bonchev–Trinajstić information content (AvgIpc) is 2.45. The SMILES string of the molecule is CCN(C)CCNC(=O)NCC1(CC(=O)O)CCCCC1. The number of aliphatic carboxylic acids is 1. The molecule has 0 aromatic rings. The summed E-state index contributed by atoms with van der Waals surface area (Å²) in [6.07, 6.45) is 5.19. The Bertz CT molecular complexity index is 341. The van der Waals surface area contributed by atoms with E-state index < -0.39 is 5.97 Å². The van der Waals surface area contributed by atoms with Crippen LogP contribution in [0.5, 0.6) is 0 Å². The van der Waals surface area contributed by atoms with Crippen molar-refractivity contribution in [3.05, 3.63) is 0 Å². The molecule has 1 aliphatic rings. The van der Waals surface area contributed by atoms with Crippen molar-refractivity contribution in [1.82, 2.24) is 15.5 Å². The first-order chi connectivity index (χ1) is 9.97. The van der Waals surface area contributed by atoms with Gasteiger partial charge in [-0.05, 0) is 31.8 Å². The summed E-state index contributed by atoms with van der Waals surface area (Å²) in [5.41, 5.74) is -0.262. The molecule has 0 saturated heterocycles. The first-order valence-corrected chi connectivity index (χ1v) is 7.89. The van der Waals surface area contributed by atoms with Crippen LogP contribution < -0.4 is 10.6 Å². The highest BCUT2D eigenvalue weighted by atomic mass is 16.4. The van der Waals surface area contributed by atoms with Crippen LogP contribution in [0.3, 0.4) is 0 Å². The summed E-state index contributed by atoms with van der Waals surface area (Å²) in [5, 5.41) is 14.8. The number of nitrogens with one attached hydrogen (secondary N) is 2. The summed E-state index contributed by atoms with van der Waals surface area (Å²) in [6, 6.07) is -0.199. The summed E-state index contributed by atoms with van der Waals surface area (Å²) in [5.74, 6) is -0.774. The third-order valence-corrected chi connectivity index (χ3v) is 4.38. The number of carbonyl (C=O) groups excluding carboxylic acids is 1. The van der Waals surface area contributed by atoms with Crippen molar-refractivity contribution in [1.29, 1.82) is 0 Å². The second kappa shape index (κ2) is 8.87. The molecule has 0 aromatic carbocycles. The maximum absolute atomic E-state index is 11.8. The molecule has 21 heavy (non-hydrogen) atoms. The van der Waals surface area contributed by atoms with Crippen LogP contribution in [0, 0.1) is 5.41 Å². The molecular weight excluding hydrogens is 270 g/mol. The number of hydrogen-bond donors (Lipinski definition) is 3. The maximum Gasteiger partial charge on any atom is 0.314 e. The molecule has 2 amide bonds. The topological polar surface area (TPSA) is 81.7 Å². The van der Waals surface area contributed by atoms with Gasteiger partial charge in [0.25, 0.3) is 0 Å². The Kier molecular flexibility index (Phi) is 7.50. The predicted molar refractivity (Wildman–Crippen MR) is 82.3 cm³/mol. The molecule has 0 aliphatic heterocycles. The molecule has 0 aromatic heterocycles. The molecule has 0 heterocycles. The van der Waals surface area contributed by atoms with Gasteiger partial charge in [0.2, 0.25) is 0 Å². The molecule has 1 rings (SSSR count). The van der Waals surface area contributed by atoms with Crippen molar-refractivity contribution in [3.8, 4) is 0 Å². The van der Waals surface area contributed by atoms with Gasteiger partial charge in [0.05, 0.1) is 6.42 Å². The lowest BCUT2D eigenvalue weighted by atomic mass is 9.72. The molecule has 1 aliphatic carbocycles. The Balaban J connectivity index is 2.35. The predicted octanol–water partition coefficient (Wildman–Crippen LogP) is 1.66. The number of carboxylic acid groups (broad SMARTS) is 1. The van der Waals surface area contributed by atoms with Crippen LogP contribution in [0.2, 0.25) is 0 Å². The molecule has 1 fully saturated rings. The lowest BCUT2D eigenvalue weighted by molar-refractivity contribution is -0.140. The van der Waals surface area contributed by atoms with Gasteiger partial charge in [-0.3, -0.25) is 4.79 Å². The van der Waals surface area contributed by atoms with Crippen molar-refractivity contribution in [3.63, 3.8) is 0 Å². The largest absolute Gasteiger partial charge is 0.481 e. The molecule has 6 heteroatoms. The van der Waals surface area contributed by atoms with Crippen LogP contribution in [-0.2, 0) is 4.79 Å². The third-order valence-electron chi connectivity index (χ3n) is 4.38. The van der Waals surface area contributed by atoms with Crippen LogP contribution in [0.15, 0.2) is 0 Å². The Labute approximate surface area is 127 Å². The normalized spacial score (nSPS) is 17.5. The molecule has 0 bridgehead atoms. The summed E-state index contributed by atoms with van der Waals surface area (Å²) < 4.78 is 0. The van der Waals surface area contributed by atoms with Crippen molar-refractivity contribution < 1.29 is 14.7 Å². The van der Waals surface area contributed by atoms with Gasteiger partial charge in [-0.25, -0.2) is 4.79 Å². The highest BCUT2D eigenvalue weighted by Crippen LogP contribution is 2.38. The minimum atomic E-state index is -0.774. The third kappa shape index (κ3) is 6.80. The van der Waals surface area contributed by atoms with E-state index in [4.69, 9.17) is 5.11 Å². The van der Waals surface area contributed by atoms with E-state index in [9.17, 15) is 9.59 Å². The second-order valence-electron chi connectivity index (χ2n) is 6.14. The van der Waals surface area contributed by atoms with Gasteiger partial charge in [-0.2, -0.15) is 0 Å². The fraction of sp³-hybridized carbons (Fsp3) is 0.867. The summed E-state index contributed by atoms with van der Waals surface area (Å²) in [6.45, 7) is 4.88. The Morgan fingerprint density at radius 1 is 1.19 bits per heavy atom. The van der Waals surface area contributed by atoms with E-state index in [0.717, 1.165) is 45.2 Å². The van der Waals surface area contributed by atoms with Gasteiger partial charge >= 0.3 is 12.0 Å². The van der Waals surface area contributed by atoms with E-state index in [1.165, 1.54) is 0 Å². The number of amides is 2. The Morgan fingerprint density at radius 2 is 1.86 bits per heavy atom. The van der Waals surface area contributed by atoms with Gasteiger partial charge in [0, 0.05) is 19.6 Å². The lowest BCUT2D eigenvalue weighted by Crippen LogP contribution is -2.45. The van der Waals surface area contributed by atoms with E-state index in [1.807, 2.05) is 7.05 Å². The van der Waals surface area contributed by atoms with Crippen LogP contribution in [0.4, 0.5) is 4.79 Å². The fourth-order valence-electron chi connectivity index (χ4n) is 2.89. The van der Waals surface area contributed by atoms with Crippen LogP contribution in [-0.4, -0.2) is 55.2 Å². The lowest BCUT2D eigenvalue weighted by Gasteiger charge is -2.36. The van der Waals surface area contributed by atoms with Gasteiger partial charge in [-0.1, -0.05) is 26.2 Å². The molecule has 3 N–H and O–H groups in total. The number of urea groups is 1. The highest BCUT2D eigenvalue weighted by Gasteiger charge is 2.34. The fourth-order valence-corrected chi connectivity index (χ4v) is 2.89. The molecular formula is C15H29N3O3. The minimum Gasteiger partial charge on any atom is -0.481 e. The zero-order valence-corrected chi connectivity index (χ0v) is 13.3. The molecule has 1 saturated carbocycles. The average molecular weight is 299 g/mol. The van der Waals surface area contributed by atoms with E-state index >= 15 is 0 Å². The number of hydrogen-bond acceptors (Lipinski definition) is 3. The van der Waals surface area contributed by atoms with E-state index in [0.29, 0.717) is 13.1 Å². The minimum absolute atomic E-state index is 0.145. The molecule has 122 valence electrons. The zero-order valence-electron chi connectivity index (χ0n) is 13.3. The number of rotatable bonds is 8. The van der Waals surface area contributed by atoms with Gasteiger partial charge in [0.1, 0.15) is 0 Å². The molecule has 0 unspecified atom stereocenters. The molecule has 6 nitrogen and oxygen atoms in total. The van der Waals surface area contributed by atoms with Crippen LogP contribution in [0.25, 0.3) is 0 Å². The molecule has 0 radical (unpaired) electrons. The number of carboxylic acids is 1. The Hall–Kier alpha value is -1.30. The molecule has 0 spiro atoms. The van der Waals surface area contributed by atoms with Gasteiger partial charge in [-0.15, -0.1) is 0 Å². The quantitative estimate of drug-likeness (QED) is 0.636. The smallest absolute Gasteiger partial charge is 0.314 e. The van der Waals surface area contributed by atoms with Crippen molar-refractivity contribution in [2.75, 3.05) is 33.2 Å². The van der Waals surface area contributed by atoms with Crippen LogP contribution >= 0.6 is 0 Å². The van der Waals surface area contributed by atoms with Crippen molar-refractivity contribution in [2.45, 2.75) is 45.4 Å². The second-order valence-corrected chi connectivity index (χ2v) is 6.14. The highest BCUT2D eigenvalue weighted by molar-refractivity contribution is 5.74.